The van der Waals surface area contributed by atoms with Crippen LogP contribution in [0.1, 0.15) is 26.5 Å². The third-order valence-electron chi connectivity index (χ3n) is 1.58. The summed E-state index contributed by atoms with van der Waals surface area (Å²) in [4.78, 5) is 4.01. The van der Waals surface area contributed by atoms with Gasteiger partial charge in [0.15, 0.2) is 5.82 Å². The molecule has 1 aromatic heterocycles. The third kappa shape index (κ3) is 2.03. The highest BCUT2D eigenvalue weighted by atomic mass is 79.9. The molecule has 0 bridgehead atoms. The van der Waals surface area contributed by atoms with Crippen molar-refractivity contribution in [2.45, 2.75) is 26.2 Å². The fourth-order valence-corrected chi connectivity index (χ4v) is 1.14. The highest BCUT2D eigenvalue weighted by Crippen LogP contribution is 2.24. The van der Waals surface area contributed by atoms with Gasteiger partial charge in [-0.05, 0) is 22.0 Å². The minimum absolute atomic E-state index is 0.0315. The van der Waals surface area contributed by atoms with E-state index in [2.05, 4.69) is 20.9 Å². The van der Waals surface area contributed by atoms with Crippen LogP contribution < -0.4 is 0 Å². The van der Waals surface area contributed by atoms with Gasteiger partial charge in [0.05, 0.1) is 10.7 Å². The van der Waals surface area contributed by atoms with Crippen LogP contribution in [0, 0.1) is 5.82 Å². The smallest absolute Gasteiger partial charge is 0.155 e. The molecule has 3 heteroatoms. The van der Waals surface area contributed by atoms with E-state index in [0.717, 1.165) is 5.69 Å². The number of rotatable bonds is 0. The van der Waals surface area contributed by atoms with Crippen molar-refractivity contribution in [2.24, 2.45) is 0 Å². The number of aromatic nitrogens is 1. The standard InChI is InChI=1S/C9H11BrFN/c1-9(2,3)8-4-6(10)7(11)5-12-8/h4-5H,1-3H3. The zero-order valence-corrected chi connectivity index (χ0v) is 8.94. The predicted octanol–water partition coefficient (Wildman–Crippen LogP) is 3.28. The van der Waals surface area contributed by atoms with Crippen LogP contribution in [0.25, 0.3) is 0 Å². The average molecular weight is 232 g/mol. The molecule has 0 unspecified atom stereocenters. The van der Waals surface area contributed by atoms with Gasteiger partial charge in [-0.15, -0.1) is 0 Å². The van der Waals surface area contributed by atoms with Crippen molar-refractivity contribution in [2.75, 3.05) is 0 Å². The molecule has 0 atom stereocenters. The van der Waals surface area contributed by atoms with Gasteiger partial charge < -0.3 is 0 Å². The minimum Gasteiger partial charge on any atom is -0.258 e. The molecule has 0 fully saturated rings. The maximum Gasteiger partial charge on any atom is 0.155 e. The number of hydrogen-bond donors (Lipinski definition) is 0. The molecule has 0 amide bonds. The van der Waals surface area contributed by atoms with Crippen LogP contribution in [0.15, 0.2) is 16.7 Å². The van der Waals surface area contributed by atoms with E-state index in [9.17, 15) is 4.39 Å². The maximum absolute atomic E-state index is 12.8. The second-order valence-electron chi connectivity index (χ2n) is 3.73. The molecular formula is C9H11BrFN. The molecule has 0 N–H and O–H groups in total. The molecule has 0 aliphatic carbocycles. The van der Waals surface area contributed by atoms with Gasteiger partial charge in [0.2, 0.25) is 0 Å². The van der Waals surface area contributed by atoms with Crippen molar-refractivity contribution in [3.8, 4) is 0 Å². The Labute approximate surface area is 80.1 Å². The van der Waals surface area contributed by atoms with Gasteiger partial charge in [-0.2, -0.15) is 0 Å². The molecule has 0 radical (unpaired) electrons. The zero-order valence-electron chi connectivity index (χ0n) is 7.36. The molecular weight excluding hydrogens is 221 g/mol. The number of pyridine rings is 1. The Morgan fingerprint density at radius 2 is 2.00 bits per heavy atom. The Kier molecular flexibility index (Phi) is 2.52. The van der Waals surface area contributed by atoms with Crippen LogP contribution in [0.4, 0.5) is 4.39 Å². The van der Waals surface area contributed by atoms with Crippen LogP contribution >= 0.6 is 15.9 Å². The van der Waals surface area contributed by atoms with Crippen molar-refractivity contribution in [3.63, 3.8) is 0 Å². The lowest BCUT2D eigenvalue weighted by atomic mass is 9.92. The average Bonchev–Trinajstić information content (AvgIpc) is 1.92. The third-order valence-corrected chi connectivity index (χ3v) is 2.18. The normalized spacial score (nSPS) is 11.8. The zero-order chi connectivity index (χ0) is 9.35. The van der Waals surface area contributed by atoms with E-state index in [-0.39, 0.29) is 11.2 Å². The predicted molar refractivity (Wildman–Crippen MR) is 50.6 cm³/mol. The van der Waals surface area contributed by atoms with Gasteiger partial charge in [0.1, 0.15) is 0 Å². The minimum atomic E-state index is -0.317. The summed E-state index contributed by atoms with van der Waals surface area (Å²) in [6.45, 7) is 6.12. The van der Waals surface area contributed by atoms with Crippen molar-refractivity contribution in [1.29, 1.82) is 0 Å². The van der Waals surface area contributed by atoms with Crippen molar-refractivity contribution in [3.05, 3.63) is 28.2 Å². The first kappa shape index (κ1) is 9.65. The monoisotopic (exact) mass is 231 g/mol. The summed E-state index contributed by atoms with van der Waals surface area (Å²) in [5.41, 5.74) is 0.853. The van der Waals surface area contributed by atoms with Crippen LogP contribution in [-0.2, 0) is 5.41 Å². The Bertz CT molecular complexity index is 291. The van der Waals surface area contributed by atoms with Gasteiger partial charge in [-0.25, -0.2) is 4.39 Å². The van der Waals surface area contributed by atoms with E-state index in [1.165, 1.54) is 6.20 Å². The molecule has 66 valence electrons. The molecule has 0 saturated heterocycles. The summed E-state index contributed by atoms with van der Waals surface area (Å²) >= 11 is 3.12. The summed E-state index contributed by atoms with van der Waals surface area (Å²) in [6, 6.07) is 1.72. The Morgan fingerprint density at radius 3 is 2.42 bits per heavy atom. The molecule has 1 aromatic rings. The quantitative estimate of drug-likeness (QED) is 0.668. The lowest BCUT2D eigenvalue weighted by Gasteiger charge is -2.17. The number of nitrogens with zero attached hydrogens (tertiary/aromatic N) is 1. The highest BCUT2D eigenvalue weighted by Gasteiger charge is 2.16. The molecule has 0 saturated carbocycles. The van der Waals surface area contributed by atoms with Gasteiger partial charge >= 0.3 is 0 Å². The molecule has 1 rings (SSSR count). The van der Waals surface area contributed by atoms with E-state index in [0.29, 0.717) is 4.47 Å². The molecule has 0 aliphatic rings. The largest absolute Gasteiger partial charge is 0.258 e. The van der Waals surface area contributed by atoms with Crippen LogP contribution in [-0.4, -0.2) is 4.98 Å². The molecule has 1 heterocycles. The first-order valence-electron chi connectivity index (χ1n) is 3.73. The Hall–Kier alpha value is -0.440. The van der Waals surface area contributed by atoms with E-state index in [1.54, 1.807) is 6.07 Å². The van der Waals surface area contributed by atoms with Crippen LogP contribution in [0.5, 0.6) is 0 Å². The van der Waals surface area contributed by atoms with Crippen molar-refractivity contribution >= 4 is 15.9 Å². The second-order valence-corrected chi connectivity index (χ2v) is 4.59. The Morgan fingerprint density at radius 1 is 1.42 bits per heavy atom. The van der Waals surface area contributed by atoms with Crippen molar-refractivity contribution in [1.82, 2.24) is 4.98 Å². The number of halogens is 2. The fourth-order valence-electron chi connectivity index (χ4n) is 0.824. The summed E-state index contributed by atoms with van der Waals surface area (Å²) in [5, 5.41) is 0. The topological polar surface area (TPSA) is 12.9 Å². The van der Waals surface area contributed by atoms with E-state index in [1.807, 2.05) is 20.8 Å². The van der Waals surface area contributed by atoms with Gasteiger partial charge in [0, 0.05) is 11.1 Å². The second kappa shape index (κ2) is 3.13. The summed E-state index contributed by atoms with van der Waals surface area (Å²) in [5.74, 6) is -0.317. The molecule has 0 aliphatic heterocycles. The van der Waals surface area contributed by atoms with E-state index >= 15 is 0 Å². The molecule has 0 spiro atoms. The SMILES string of the molecule is CC(C)(C)c1cc(Br)c(F)cn1. The van der Waals surface area contributed by atoms with Gasteiger partial charge in [-0.1, -0.05) is 20.8 Å². The van der Waals surface area contributed by atoms with Gasteiger partial charge in [0.25, 0.3) is 0 Å². The molecule has 0 aromatic carbocycles. The van der Waals surface area contributed by atoms with E-state index in [4.69, 9.17) is 0 Å². The highest BCUT2D eigenvalue weighted by molar-refractivity contribution is 9.10. The lowest BCUT2D eigenvalue weighted by molar-refractivity contribution is 0.555. The maximum atomic E-state index is 12.8. The Balaban J connectivity index is 3.14. The molecule has 1 nitrogen and oxygen atoms in total. The van der Waals surface area contributed by atoms with Crippen LogP contribution in [0.2, 0.25) is 0 Å². The van der Waals surface area contributed by atoms with E-state index < -0.39 is 0 Å². The first-order valence-corrected chi connectivity index (χ1v) is 4.52. The summed E-state index contributed by atoms with van der Waals surface area (Å²) < 4.78 is 13.3. The van der Waals surface area contributed by atoms with Crippen molar-refractivity contribution < 1.29 is 4.39 Å². The number of hydrogen-bond acceptors (Lipinski definition) is 1. The first-order chi connectivity index (χ1) is 5.41. The van der Waals surface area contributed by atoms with Gasteiger partial charge in [-0.3, -0.25) is 4.98 Å². The van der Waals surface area contributed by atoms with Crippen LogP contribution in [0.3, 0.4) is 0 Å². The fraction of sp³-hybridized carbons (Fsp3) is 0.444. The molecule has 12 heavy (non-hydrogen) atoms. The summed E-state index contributed by atoms with van der Waals surface area (Å²) in [6.07, 6.45) is 1.24. The summed E-state index contributed by atoms with van der Waals surface area (Å²) in [7, 11) is 0. The lowest BCUT2D eigenvalue weighted by Crippen LogP contribution is -2.13.